The van der Waals surface area contributed by atoms with E-state index >= 15 is 0 Å². The van der Waals surface area contributed by atoms with Crippen LogP contribution in [0.25, 0.3) is 0 Å². The van der Waals surface area contributed by atoms with Crippen LogP contribution in [0, 0.1) is 19.7 Å². The van der Waals surface area contributed by atoms with Crippen molar-refractivity contribution < 1.29 is 22.3 Å². The van der Waals surface area contributed by atoms with E-state index in [0.29, 0.717) is 6.54 Å². The molecule has 0 spiro atoms. The molecule has 2 aromatic carbocycles. The standard InChI is InChI=1S/C21H25FN2O4S/c1-4-24(19-13-15(2)5-6-16(19)3)21(25)17-7-8-18(22)20(14-17)29(26,27)23-9-11-28-12-10-23/h5-8,13-14H,4,9-12H2,1-3H3. The second kappa shape index (κ2) is 8.61. The predicted molar refractivity (Wildman–Crippen MR) is 109 cm³/mol. The van der Waals surface area contributed by atoms with E-state index in [9.17, 15) is 17.6 Å². The number of benzene rings is 2. The highest BCUT2D eigenvalue weighted by Crippen LogP contribution is 2.26. The molecule has 0 saturated carbocycles. The summed E-state index contributed by atoms with van der Waals surface area (Å²) in [4.78, 5) is 14.3. The molecule has 29 heavy (non-hydrogen) atoms. The Kier molecular flexibility index (Phi) is 6.36. The molecule has 1 saturated heterocycles. The van der Waals surface area contributed by atoms with Crippen molar-refractivity contribution in [3.05, 3.63) is 58.9 Å². The minimum absolute atomic E-state index is 0.126. The van der Waals surface area contributed by atoms with Crippen molar-refractivity contribution in [1.82, 2.24) is 4.31 Å². The van der Waals surface area contributed by atoms with Crippen molar-refractivity contribution in [3.8, 4) is 0 Å². The molecular weight excluding hydrogens is 395 g/mol. The molecule has 2 aromatic rings. The number of nitrogens with zero attached hydrogens (tertiary/aromatic N) is 2. The van der Waals surface area contributed by atoms with Gasteiger partial charge in [0, 0.05) is 30.9 Å². The SMILES string of the molecule is CCN(C(=O)c1ccc(F)c(S(=O)(=O)N2CCOCC2)c1)c1cc(C)ccc1C. The van der Waals surface area contributed by atoms with Crippen LogP contribution >= 0.6 is 0 Å². The van der Waals surface area contributed by atoms with Crippen LogP contribution in [0.15, 0.2) is 41.3 Å². The van der Waals surface area contributed by atoms with Gasteiger partial charge in [0.05, 0.1) is 13.2 Å². The van der Waals surface area contributed by atoms with Gasteiger partial charge in [-0.2, -0.15) is 4.31 Å². The number of morpholine rings is 1. The van der Waals surface area contributed by atoms with Gasteiger partial charge in [0.1, 0.15) is 10.7 Å². The van der Waals surface area contributed by atoms with Crippen LogP contribution in [-0.4, -0.2) is 51.5 Å². The second-order valence-corrected chi connectivity index (χ2v) is 8.91. The quantitative estimate of drug-likeness (QED) is 0.745. The van der Waals surface area contributed by atoms with Crippen LogP contribution in [0.1, 0.15) is 28.4 Å². The highest BCUT2D eigenvalue weighted by molar-refractivity contribution is 7.89. The van der Waals surface area contributed by atoms with Crippen molar-refractivity contribution in [2.45, 2.75) is 25.7 Å². The lowest BCUT2D eigenvalue weighted by atomic mass is 10.1. The molecule has 1 aliphatic heterocycles. The highest BCUT2D eigenvalue weighted by Gasteiger charge is 2.30. The summed E-state index contributed by atoms with van der Waals surface area (Å²) in [5, 5.41) is 0. The molecule has 0 N–H and O–H groups in total. The first-order valence-corrected chi connectivity index (χ1v) is 11.0. The molecule has 1 aliphatic rings. The van der Waals surface area contributed by atoms with E-state index < -0.39 is 20.7 Å². The zero-order valence-electron chi connectivity index (χ0n) is 16.8. The van der Waals surface area contributed by atoms with Crippen LogP contribution in [-0.2, 0) is 14.8 Å². The molecule has 0 unspecified atom stereocenters. The Balaban J connectivity index is 1.99. The molecule has 0 aromatic heterocycles. The largest absolute Gasteiger partial charge is 0.379 e. The van der Waals surface area contributed by atoms with E-state index in [1.807, 2.05) is 39.0 Å². The van der Waals surface area contributed by atoms with E-state index in [1.165, 1.54) is 10.4 Å². The Hall–Kier alpha value is -2.29. The first kappa shape index (κ1) is 21.4. The van der Waals surface area contributed by atoms with Gasteiger partial charge in [0.2, 0.25) is 10.0 Å². The molecule has 0 aliphatic carbocycles. The van der Waals surface area contributed by atoms with E-state index in [2.05, 4.69) is 0 Å². The first-order chi connectivity index (χ1) is 13.8. The van der Waals surface area contributed by atoms with Gasteiger partial charge in [0.25, 0.3) is 5.91 Å². The minimum Gasteiger partial charge on any atom is -0.379 e. The van der Waals surface area contributed by atoms with Crippen molar-refractivity contribution in [2.75, 3.05) is 37.7 Å². The molecule has 0 radical (unpaired) electrons. The fourth-order valence-electron chi connectivity index (χ4n) is 3.35. The maximum atomic E-state index is 14.4. The summed E-state index contributed by atoms with van der Waals surface area (Å²) in [6, 6.07) is 9.30. The van der Waals surface area contributed by atoms with Crippen LogP contribution in [0.4, 0.5) is 10.1 Å². The van der Waals surface area contributed by atoms with Crippen molar-refractivity contribution in [1.29, 1.82) is 0 Å². The lowest BCUT2D eigenvalue weighted by Gasteiger charge is -2.27. The van der Waals surface area contributed by atoms with E-state index in [-0.39, 0.29) is 37.8 Å². The summed E-state index contributed by atoms with van der Waals surface area (Å²) in [5.41, 5.74) is 2.81. The number of hydrogen-bond donors (Lipinski definition) is 0. The monoisotopic (exact) mass is 420 g/mol. The fourth-order valence-corrected chi connectivity index (χ4v) is 4.85. The summed E-state index contributed by atoms with van der Waals surface area (Å²) in [6.45, 7) is 6.91. The molecule has 0 bridgehead atoms. The summed E-state index contributed by atoms with van der Waals surface area (Å²) in [7, 11) is -4.05. The number of sulfonamides is 1. The summed E-state index contributed by atoms with van der Waals surface area (Å²) >= 11 is 0. The zero-order valence-corrected chi connectivity index (χ0v) is 17.6. The van der Waals surface area contributed by atoms with Crippen molar-refractivity contribution >= 4 is 21.6 Å². The molecule has 0 atom stereocenters. The van der Waals surface area contributed by atoms with E-state index in [1.54, 1.807) is 4.90 Å². The number of anilines is 1. The Bertz CT molecular complexity index is 1020. The predicted octanol–water partition coefficient (Wildman–Crippen LogP) is 3.13. The first-order valence-electron chi connectivity index (χ1n) is 9.52. The Labute approximate surface area is 170 Å². The molecule has 1 fully saturated rings. The number of amides is 1. The topological polar surface area (TPSA) is 66.9 Å². The summed E-state index contributed by atoms with van der Waals surface area (Å²) < 4.78 is 46.6. The van der Waals surface area contributed by atoms with Gasteiger partial charge in [-0.15, -0.1) is 0 Å². The number of ether oxygens (including phenoxy) is 1. The van der Waals surface area contributed by atoms with Gasteiger partial charge in [-0.3, -0.25) is 4.79 Å². The lowest BCUT2D eigenvalue weighted by molar-refractivity contribution is 0.0729. The van der Waals surface area contributed by atoms with Gasteiger partial charge in [0.15, 0.2) is 0 Å². The third kappa shape index (κ3) is 4.34. The maximum absolute atomic E-state index is 14.4. The number of hydrogen-bond acceptors (Lipinski definition) is 4. The fraction of sp³-hybridized carbons (Fsp3) is 0.381. The Morgan fingerprint density at radius 2 is 1.83 bits per heavy atom. The molecular formula is C21H25FN2O4S. The molecule has 3 rings (SSSR count). The molecule has 6 nitrogen and oxygen atoms in total. The van der Waals surface area contributed by atoms with E-state index in [4.69, 9.17) is 4.74 Å². The average Bonchev–Trinajstić information content (AvgIpc) is 2.72. The van der Waals surface area contributed by atoms with Gasteiger partial charge in [-0.1, -0.05) is 12.1 Å². The molecule has 156 valence electrons. The Morgan fingerprint density at radius 1 is 1.14 bits per heavy atom. The van der Waals surface area contributed by atoms with Crippen LogP contribution < -0.4 is 4.90 Å². The smallest absolute Gasteiger partial charge is 0.258 e. The minimum atomic E-state index is -4.05. The number of carbonyl (C=O) groups is 1. The lowest BCUT2D eigenvalue weighted by Crippen LogP contribution is -2.41. The van der Waals surface area contributed by atoms with Crippen LogP contribution in [0.5, 0.6) is 0 Å². The number of rotatable bonds is 5. The van der Waals surface area contributed by atoms with Crippen molar-refractivity contribution in [3.63, 3.8) is 0 Å². The number of aryl methyl sites for hydroxylation is 2. The van der Waals surface area contributed by atoms with Gasteiger partial charge in [-0.25, -0.2) is 12.8 Å². The van der Waals surface area contributed by atoms with Gasteiger partial charge in [-0.05, 0) is 56.2 Å². The summed E-state index contributed by atoms with van der Waals surface area (Å²) in [5.74, 6) is -1.25. The summed E-state index contributed by atoms with van der Waals surface area (Å²) in [6.07, 6.45) is 0. The normalized spacial score (nSPS) is 15.3. The molecule has 8 heteroatoms. The van der Waals surface area contributed by atoms with Crippen molar-refractivity contribution in [2.24, 2.45) is 0 Å². The van der Waals surface area contributed by atoms with Crippen LogP contribution in [0.3, 0.4) is 0 Å². The second-order valence-electron chi connectivity index (χ2n) is 7.00. The zero-order chi connectivity index (χ0) is 21.2. The highest BCUT2D eigenvalue weighted by atomic mass is 32.2. The van der Waals surface area contributed by atoms with Crippen LogP contribution in [0.2, 0.25) is 0 Å². The maximum Gasteiger partial charge on any atom is 0.258 e. The third-order valence-electron chi connectivity index (χ3n) is 4.98. The average molecular weight is 421 g/mol. The number of halogens is 1. The number of carbonyl (C=O) groups excluding carboxylic acids is 1. The van der Waals surface area contributed by atoms with E-state index in [0.717, 1.165) is 28.9 Å². The third-order valence-corrected chi connectivity index (χ3v) is 6.90. The van der Waals surface area contributed by atoms with Gasteiger partial charge < -0.3 is 9.64 Å². The van der Waals surface area contributed by atoms with Gasteiger partial charge >= 0.3 is 0 Å². The Morgan fingerprint density at radius 3 is 2.48 bits per heavy atom. The molecule has 1 amide bonds. The molecule has 1 heterocycles.